The second-order valence-electron chi connectivity index (χ2n) is 3.28. The highest BCUT2D eigenvalue weighted by Crippen LogP contribution is 2.00. The standard InChI is InChI=1S/C10H17N3O/c1-2-3-4-5-7-11-9-6-8-12-10(14)13-9/h6,8H,2-5,7H2,1H3,(H2,11,12,13,14). The van der Waals surface area contributed by atoms with E-state index < -0.39 is 0 Å². The SMILES string of the molecule is CCCCCCNc1ccnc(=O)[nH]1. The average molecular weight is 195 g/mol. The number of unbranched alkanes of at least 4 members (excludes halogenated alkanes) is 3. The fourth-order valence-electron chi connectivity index (χ4n) is 1.25. The molecule has 0 aromatic carbocycles. The van der Waals surface area contributed by atoms with E-state index in [-0.39, 0.29) is 5.69 Å². The van der Waals surface area contributed by atoms with Crippen LogP contribution in [-0.4, -0.2) is 16.5 Å². The smallest absolute Gasteiger partial charge is 0.346 e. The van der Waals surface area contributed by atoms with E-state index >= 15 is 0 Å². The fourth-order valence-corrected chi connectivity index (χ4v) is 1.25. The molecule has 0 radical (unpaired) electrons. The second-order valence-corrected chi connectivity index (χ2v) is 3.28. The molecule has 0 spiro atoms. The summed E-state index contributed by atoms with van der Waals surface area (Å²) in [6.45, 7) is 3.09. The van der Waals surface area contributed by atoms with Crippen LogP contribution < -0.4 is 11.0 Å². The van der Waals surface area contributed by atoms with Crippen molar-refractivity contribution >= 4 is 5.82 Å². The lowest BCUT2D eigenvalue weighted by atomic mass is 10.2. The molecule has 14 heavy (non-hydrogen) atoms. The van der Waals surface area contributed by atoms with Crippen molar-refractivity contribution in [2.75, 3.05) is 11.9 Å². The minimum atomic E-state index is -0.302. The Labute approximate surface area is 83.8 Å². The number of aromatic nitrogens is 2. The van der Waals surface area contributed by atoms with Gasteiger partial charge in [-0.05, 0) is 12.5 Å². The summed E-state index contributed by atoms with van der Waals surface area (Å²) in [6, 6.07) is 1.77. The number of aromatic amines is 1. The van der Waals surface area contributed by atoms with Crippen molar-refractivity contribution in [1.82, 2.24) is 9.97 Å². The highest BCUT2D eigenvalue weighted by molar-refractivity contribution is 5.31. The Morgan fingerprint density at radius 2 is 2.29 bits per heavy atom. The van der Waals surface area contributed by atoms with Crippen LogP contribution in [0.25, 0.3) is 0 Å². The molecule has 2 N–H and O–H groups in total. The van der Waals surface area contributed by atoms with Crippen LogP contribution in [0, 0.1) is 0 Å². The Kier molecular flexibility index (Phi) is 4.75. The minimum absolute atomic E-state index is 0.302. The first-order valence-corrected chi connectivity index (χ1v) is 5.12. The summed E-state index contributed by atoms with van der Waals surface area (Å²) < 4.78 is 0. The average Bonchev–Trinajstić information content (AvgIpc) is 2.18. The van der Waals surface area contributed by atoms with E-state index in [1.54, 1.807) is 6.07 Å². The van der Waals surface area contributed by atoms with Crippen molar-refractivity contribution in [3.63, 3.8) is 0 Å². The lowest BCUT2D eigenvalue weighted by molar-refractivity contribution is 0.684. The first-order valence-electron chi connectivity index (χ1n) is 5.12. The summed E-state index contributed by atoms with van der Waals surface area (Å²) in [5, 5.41) is 3.15. The number of nitrogens with zero attached hydrogens (tertiary/aromatic N) is 1. The maximum atomic E-state index is 10.8. The van der Waals surface area contributed by atoms with E-state index in [2.05, 4.69) is 22.2 Å². The van der Waals surface area contributed by atoms with Gasteiger partial charge in [-0.2, -0.15) is 0 Å². The van der Waals surface area contributed by atoms with Gasteiger partial charge in [0.05, 0.1) is 0 Å². The molecule has 0 aliphatic rings. The maximum absolute atomic E-state index is 10.8. The van der Waals surface area contributed by atoms with Crippen LogP contribution in [0.4, 0.5) is 5.82 Å². The van der Waals surface area contributed by atoms with Crippen molar-refractivity contribution in [2.24, 2.45) is 0 Å². The number of hydrogen-bond acceptors (Lipinski definition) is 3. The normalized spacial score (nSPS) is 10.1. The minimum Gasteiger partial charge on any atom is -0.371 e. The van der Waals surface area contributed by atoms with E-state index in [4.69, 9.17) is 0 Å². The van der Waals surface area contributed by atoms with E-state index in [1.807, 2.05) is 0 Å². The van der Waals surface area contributed by atoms with Crippen LogP contribution in [0.1, 0.15) is 32.6 Å². The number of hydrogen-bond donors (Lipinski definition) is 2. The van der Waals surface area contributed by atoms with Crippen LogP contribution in [0.15, 0.2) is 17.1 Å². The van der Waals surface area contributed by atoms with Gasteiger partial charge in [0.25, 0.3) is 0 Å². The maximum Gasteiger partial charge on any atom is 0.346 e. The molecule has 0 unspecified atom stereocenters. The van der Waals surface area contributed by atoms with Crippen LogP contribution >= 0.6 is 0 Å². The summed E-state index contributed by atoms with van der Waals surface area (Å²) >= 11 is 0. The van der Waals surface area contributed by atoms with Gasteiger partial charge in [0.2, 0.25) is 0 Å². The molecule has 0 atom stereocenters. The zero-order chi connectivity index (χ0) is 10.2. The van der Waals surface area contributed by atoms with Crippen molar-refractivity contribution in [3.05, 3.63) is 22.7 Å². The van der Waals surface area contributed by atoms with Gasteiger partial charge in [-0.15, -0.1) is 0 Å². The molecule has 1 rings (SSSR count). The number of nitrogens with one attached hydrogen (secondary N) is 2. The van der Waals surface area contributed by atoms with Gasteiger partial charge in [-0.25, -0.2) is 9.78 Å². The number of H-pyrrole nitrogens is 1. The van der Waals surface area contributed by atoms with E-state index in [9.17, 15) is 4.79 Å². The quantitative estimate of drug-likeness (QED) is 0.680. The van der Waals surface area contributed by atoms with Gasteiger partial charge in [0.1, 0.15) is 5.82 Å². The van der Waals surface area contributed by atoms with Crippen LogP contribution in [0.2, 0.25) is 0 Å². The van der Waals surface area contributed by atoms with Gasteiger partial charge in [0, 0.05) is 12.7 Å². The highest BCUT2D eigenvalue weighted by atomic mass is 16.1. The number of anilines is 1. The molecule has 0 saturated heterocycles. The van der Waals surface area contributed by atoms with Gasteiger partial charge in [-0.3, -0.25) is 4.98 Å². The van der Waals surface area contributed by atoms with E-state index in [0.29, 0.717) is 0 Å². The summed E-state index contributed by atoms with van der Waals surface area (Å²) in [7, 11) is 0. The predicted octanol–water partition coefficient (Wildman–Crippen LogP) is 1.76. The van der Waals surface area contributed by atoms with Gasteiger partial charge >= 0.3 is 5.69 Å². The Morgan fingerprint density at radius 3 is 3.00 bits per heavy atom. The first kappa shape index (κ1) is 10.8. The van der Waals surface area contributed by atoms with E-state index in [0.717, 1.165) is 18.8 Å². The molecule has 0 aliphatic carbocycles. The van der Waals surface area contributed by atoms with Crippen molar-refractivity contribution in [1.29, 1.82) is 0 Å². The van der Waals surface area contributed by atoms with Crippen LogP contribution in [0.3, 0.4) is 0 Å². The summed E-state index contributed by atoms with van der Waals surface area (Å²) in [6.07, 6.45) is 6.39. The monoisotopic (exact) mass is 195 g/mol. The predicted molar refractivity (Wildman–Crippen MR) is 57.5 cm³/mol. The largest absolute Gasteiger partial charge is 0.371 e. The summed E-state index contributed by atoms with van der Waals surface area (Å²) in [5.74, 6) is 0.751. The molecule has 78 valence electrons. The fraction of sp³-hybridized carbons (Fsp3) is 0.600. The lowest BCUT2D eigenvalue weighted by Gasteiger charge is -2.04. The molecule has 0 amide bonds. The number of rotatable bonds is 6. The summed E-state index contributed by atoms with van der Waals surface area (Å²) in [4.78, 5) is 17.0. The molecule has 1 heterocycles. The van der Waals surface area contributed by atoms with Crippen LogP contribution in [0.5, 0.6) is 0 Å². The molecule has 4 nitrogen and oxygen atoms in total. The molecule has 0 fully saturated rings. The Morgan fingerprint density at radius 1 is 1.43 bits per heavy atom. The third-order valence-corrected chi connectivity index (χ3v) is 2.02. The van der Waals surface area contributed by atoms with Crippen molar-refractivity contribution in [2.45, 2.75) is 32.6 Å². The third-order valence-electron chi connectivity index (χ3n) is 2.02. The topological polar surface area (TPSA) is 57.8 Å². The molecule has 0 saturated carbocycles. The lowest BCUT2D eigenvalue weighted by Crippen LogP contribution is -2.13. The molecule has 4 heteroatoms. The van der Waals surface area contributed by atoms with Gasteiger partial charge in [-0.1, -0.05) is 26.2 Å². The van der Waals surface area contributed by atoms with E-state index in [1.165, 1.54) is 25.5 Å². The van der Waals surface area contributed by atoms with Gasteiger partial charge in [0.15, 0.2) is 0 Å². The Bertz CT molecular complexity index is 308. The first-order chi connectivity index (χ1) is 6.83. The van der Waals surface area contributed by atoms with Crippen LogP contribution in [-0.2, 0) is 0 Å². The molecule has 1 aromatic rings. The molecule has 1 aromatic heterocycles. The Hall–Kier alpha value is -1.32. The third kappa shape index (κ3) is 4.07. The van der Waals surface area contributed by atoms with Gasteiger partial charge < -0.3 is 5.32 Å². The summed E-state index contributed by atoms with van der Waals surface area (Å²) in [5.41, 5.74) is -0.302. The molecular formula is C10H17N3O. The van der Waals surface area contributed by atoms with Crippen molar-refractivity contribution < 1.29 is 0 Å². The zero-order valence-electron chi connectivity index (χ0n) is 8.55. The highest BCUT2D eigenvalue weighted by Gasteiger charge is 1.92. The Balaban J connectivity index is 2.21. The molecular weight excluding hydrogens is 178 g/mol. The molecule has 0 bridgehead atoms. The molecule has 0 aliphatic heterocycles. The van der Waals surface area contributed by atoms with Crippen molar-refractivity contribution in [3.8, 4) is 0 Å². The zero-order valence-corrected chi connectivity index (χ0v) is 8.55. The second kappa shape index (κ2) is 6.18.